The van der Waals surface area contributed by atoms with Gasteiger partial charge in [-0.05, 0) is 12.1 Å². The predicted octanol–water partition coefficient (Wildman–Crippen LogP) is 1.98. The highest BCUT2D eigenvalue weighted by Crippen LogP contribution is 2.32. The number of aldehydes is 1. The average Bonchev–Trinajstić information content (AvgIpc) is 2.27. The topological polar surface area (TPSA) is 37.4 Å². The number of halogens is 3. The van der Waals surface area contributed by atoms with E-state index in [9.17, 15) is 22.8 Å². The minimum Gasteiger partial charge on any atom is -0.335 e. The number of rotatable bonds is 3. The summed E-state index contributed by atoms with van der Waals surface area (Å²) in [5.74, 6) is -0.829. The molecule has 1 aromatic rings. The van der Waals surface area contributed by atoms with Crippen LogP contribution in [0.25, 0.3) is 0 Å². The Bertz CT molecular complexity index is 429. The van der Waals surface area contributed by atoms with Gasteiger partial charge in [0, 0.05) is 7.05 Å². The molecule has 0 saturated carbocycles. The summed E-state index contributed by atoms with van der Waals surface area (Å²) in [6.45, 7) is -0.245. The third-order valence-electron chi connectivity index (χ3n) is 2.16. The molecule has 17 heavy (non-hydrogen) atoms. The van der Waals surface area contributed by atoms with E-state index in [1.807, 2.05) is 0 Å². The molecule has 0 aliphatic rings. The minimum absolute atomic E-state index is 0.245. The molecular formula is C11H10F3NO2. The van der Waals surface area contributed by atoms with Gasteiger partial charge < -0.3 is 9.69 Å². The van der Waals surface area contributed by atoms with Crippen molar-refractivity contribution in [3.05, 3.63) is 35.4 Å². The van der Waals surface area contributed by atoms with E-state index in [0.717, 1.165) is 17.0 Å². The Morgan fingerprint density at radius 3 is 2.47 bits per heavy atom. The first-order chi connectivity index (χ1) is 7.88. The van der Waals surface area contributed by atoms with Crippen LogP contribution in [0.2, 0.25) is 0 Å². The average molecular weight is 245 g/mol. The molecule has 3 nitrogen and oxygen atoms in total. The highest BCUT2D eigenvalue weighted by Gasteiger charge is 2.35. The Morgan fingerprint density at radius 1 is 1.35 bits per heavy atom. The molecule has 0 radical (unpaired) electrons. The molecule has 1 aromatic carbocycles. The number of hydrogen-bond donors (Lipinski definition) is 0. The molecule has 0 aliphatic carbocycles. The molecule has 1 rings (SSSR count). The summed E-state index contributed by atoms with van der Waals surface area (Å²) in [7, 11) is 1.27. The van der Waals surface area contributed by atoms with Crippen LogP contribution in [0.15, 0.2) is 24.3 Å². The van der Waals surface area contributed by atoms with E-state index in [-0.39, 0.29) is 6.54 Å². The van der Waals surface area contributed by atoms with Gasteiger partial charge in [-0.25, -0.2) is 0 Å². The zero-order valence-electron chi connectivity index (χ0n) is 8.99. The molecule has 0 saturated heterocycles. The number of likely N-dealkylation sites (N-methyl/N-ethyl adjacent to an activating group) is 1. The van der Waals surface area contributed by atoms with Crippen molar-refractivity contribution in [2.45, 2.75) is 6.18 Å². The molecule has 6 heteroatoms. The van der Waals surface area contributed by atoms with Crippen LogP contribution < -0.4 is 0 Å². The quantitative estimate of drug-likeness (QED) is 0.763. The molecule has 0 N–H and O–H groups in total. The third kappa shape index (κ3) is 3.05. The third-order valence-corrected chi connectivity index (χ3v) is 2.16. The van der Waals surface area contributed by atoms with E-state index in [0.29, 0.717) is 6.29 Å². The van der Waals surface area contributed by atoms with Gasteiger partial charge in [0.1, 0.15) is 6.29 Å². The number of carbonyl (C=O) groups excluding carboxylic acids is 2. The van der Waals surface area contributed by atoms with Gasteiger partial charge in [-0.3, -0.25) is 4.79 Å². The predicted molar refractivity (Wildman–Crippen MR) is 54.5 cm³/mol. The van der Waals surface area contributed by atoms with E-state index < -0.39 is 23.2 Å². The first kappa shape index (κ1) is 13.2. The van der Waals surface area contributed by atoms with Crippen LogP contribution >= 0.6 is 0 Å². The van der Waals surface area contributed by atoms with Crippen molar-refractivity contribution in [3.8, 4) is 0 Å². The SMILES string of the molecule is CN(CC=O)C(=O)c1ccccc1C(F)(F)F. The molecular weight excluding hydrogens is 235 g/mol. The molecule has 0 bridgehead atoms. The second-order valence-electron chi connectivity index (χ2n) is 3.40. The highest BCUT2D eigenvalue weighted by molar-refractivity contribution is 5.96. The minimum atomic E-state index is -4.59. The van der Waals surface area contributed by atoms with Gasteiger partial charge in [0.2, 0.25) is 0 Å². The molecule has 0 unspecified atom stereocenters. The van der Waals surface area contributed by atoms with E-state index in [2.05, 4.69) is 0 Å². The number of carbonyl (C=O) groups is 2. The van der Waals surface area contributed by atoms with Crippen LogP contribution in [0.4, 0.5) is 13.2 Å². The van der Waals surface area contributed by atoms with Crippen LogP contribution in [0.1, 0.15) is 15.9 Å². The Balaban J connectivity index is 3.14. The van der Waals surface area contributed by atoms with Gasteiger partial charge in [-0.1, -0.05) is 12.1 Å². The molecule has 0 spiro atoms. The summed E-state index contributed by atoms with van der Waals surface area (Å²) in [5.41, 5.74) is -1.45. The normalized spacial score (nSPS) is 11.1. The highest BCUT2D eigenvalue weighted by atomic mass is 19.4. The lowest BCUT2D eigenvalue weighted by Crippen LogP contribution is -2.30. The maximum Gasteiger partial charge on any atom is 0.417 e. The zero-order chi connectivity index (χ0) is 13.1. The summed E-state index contributed by atoms with van der Waals surface area (Å²) >= 11 is 0. The number of hydrogen-bond acceptors (Lipinski definition) is 2. The summed E-state index contributed by atoms with van der Waals surface area (Å²) in [6, 6.07) is 4.48. The van der Waals surface area contributed by atoms with Gasteiger partial charge >= 0.3 is 6.18 Å². The summed E-state index contributed by atoms with van der Waals surface area (Å²) in [5, 5.41) is 0. The number of nitrogens with zero attached hydrogens (tertiary/aromatic N) is 1. The van der Waals surface area contributed by atoms with Crippen molar-refractivity contribution in [1.29, 1.82) is 0 Å². The molecule has 92 valence electrons. The van der Waals surface area contributed by atoms with Gasteiger partial charge in [-0.2, -0.15) is 13.2 Å². The number of amides is 1. The van der Waals surface area contributed by atoms with E-state index in [4.69, 9.17) is 0 Å². The standard InChI is InChI=1S/C11H10F3NO2/c1-15(6-7-16)10(17)8-4-2-3-5-9(8)11(12,13)14/h2-5,7H,6H2,1H3. The fourth-order valence-electron chi connectivity index (χ4n) is 1.32. The Hall–Kier alpha value is -1.85. The Labute approximate surface area is 95.8 Å². The number of benzene rings is 1. The van der Waals surface area contributed by atoms with E-state index in [1.165, 1.54) is 19.2 Å². The maximum atomic E-state index is 12.6. The van der Waals surface area contributed by atoms with Gasteiger partial charge in [0.15, 0.2) is 0 Å². The van der Waals surface area contributed by atoms with E-state index >= 15 is 0 Å². The maximum absolute atomic E-state index is 12.6. The fourth-order valence-corrected chi connectivity index (χ4v) is 1.32. The van der Waals surface area contributed by atoms with Crippen LogP contribution in [0.5, 0.6) is 0 Å². The van der Waals surface area contributed by atoms with Crippen molar-refractivity contribution in [1.82, 2.24) is 4.90 Å². The molecule has 0 atom stereocenters. The smallest absolute Gasteiger partial charge is 0.335 e. The lowest BCUT2D eigenvalue weighted by molar-refractivity contribution is -0.138. The second kappa shape index (κ2) is 4.99. The lowest BCUT2D eigenvalue weighted by atomic mass is 10.1. The Kier molecular flexibility index (Phi) is 3.88. The first-order valence-electron chi connectivity index (χ1n) is 4.73. The van der Waals surface area contributed by atoms with Crippen molar-refractivity contribution in [2.75, 3.05) is 13.6 Å². The van der Waals surface area contributed by atoms with Crippen LogP contribution in [-0.4, -0.2) is 30.7 Å². The van der Waals surface area contributed by atoms with E-state index in [1.54, 1.807) is 0 Å². The van der Waals surface area contributed by atoms with Gasteiger partial charge in [-0.15, -0.1) is 0 Å². The van der Waals surface area contributed by atoms with Crippen LogP contribution in [0, 0.1) is 0 Å². The molecule has 0 aromatic heterocycles. The molecule has 1 amide bonds. The van der Waals surface area contributed by atoms with Crippen molar-refractivity contribution < 1.29 is 22.8 Å². The molecule has 0 aliphatic heterocycles. The van der Waals surface area contributed by atoms with Crippen LogP contribution in [-0.2, 0) is 11.0 Å². The second-order valence-corrected chi connectivity index (χ2v) is 3.40. The van der Waals surface area contributed by atoms with Crippen molar-refractivity contribution >= 4 is 12.2 Å². The molecule has 0 heterocycles. The Morgan fingerprint density at radius 2 is 1.94 bits per heavy atom. The lowest BCUT2D eigenvalue weighted by Gasteiger charge is -2.17. The van der Waals surface area contributed by atoms with Crippen LogP contribution in [0.3, 0.4) is 0 Å². The van der Waals surface area contributed by atoms with Gasteiger partial charge in [0.05, 0.1) is 17.7 Å². The largest absolute Gasteiger partial charge is 0.417 e. The zero-order valence-corrected chi connectivity index (χ0v) is 8.99. The summed E-state index contributed by atoms with van der Waals surface area (Å²) < 4.78 is 37.9. The summed E-state index contributed by atoms with van der Waals surface area (Å²) in [4.78, 5) is 22.8. The number of alkyl halides is 3. The van der Waals surface area contributed by atoms with Gasteiger partial charge in [0.25, 0.3) is 5.91 Å². The monoisotopic (exact) mass is 245 g/mol. The van der Waals surface area contributed by atoms with Crippen molar-refractivity contribution in [2.24, 2.45) is 0 Å². The van der Waals surface area contributed by atoms with Crippen molar-refractivity contribution in [3.63, 3.8) is 0 Å². The first-order valence-corrected chi connectivity index (χ1v) is 4.73. The summed E-state index contributed by atoms with van der Waals surface area (Å²) in [6.07, 6.45) is -4.14. The molecule has 0 fully saturated rings. The fraction of sp³-hybridized carbons (Fsp3) is 0.273.